The van der Waals surface area contributed by atoms with Crippen LogP contribution in [-0.4, -0.2) is 57.6 Å². The summed E-state index contributed by atoms with van der Waals surface area (Å²) in [6.45, 7) is 5.95. The molecule has 2 fully saturated rings. The number of aromatic nitrogens is 3. The zero-order valence-electron chi connectivity index (χ0n) is 15.3. The number of hydrogen-bond donors (Lipinski definition) is 0. The van der Waals surface area contributed by atoms with Crippen LogP contribution in [0, 0.1) is 5.41 Å². The third-order valence-electron chi connectivity index (χ3n) is 6.17. The Labute approximate surface area is 150 Å². The molecule has 0 unspecified atom stereocenters. The van der Waals surface area contributed by atoms with Crippen molar-refractivity contribution in [3.8, 4) is 5.95 Å². The molecule has 2 saturated heterocycles. The Hall–Kier alpha value is -1.72. The van der Waals surface area contributed by atoms with E-state index in [9.17, 15) is 0 Å². The molecule has 0 saturated carbocycles. The third-order valence-corrected chi connectivity index (χ3v) is 6.17. The van der Waals surface area contributed by atoms with Crippen molar-refractivity contribution in [2.45, 2.75) is 38.6 Å². The van der Waals surface area contributed by atoms with Gasteiger partial charge in [-0.05, 0) is 88.9 Å². The van der Waals surface area contributed by atoms with Crippen LogP contribution in [0.1, 0.15) is 37.8 Å². The quantitative estimate of drug-likeness (QED) is 0.861. The Bertz CT molecular complexity index is 672. The van der Waals surface area contributed by atoms with E-state index < -0.39 is 0 Å². The lowest BCUT2D eigenvalue weighted by Crippen LogP contribution is -2.38. The van der Waals surface area contributed by atoms with Crippen molar-refractivity contribution in [1.29, 1.82) is 0 Å². The van der Waals surface area contributed by atoms with E-state index in [1.807, 2.05) is 18.5 Å². The number of likely N-dealkylation sites (tertiary alicyclic amines) is 2. The van der Waals surface area contributed by atoms with E-state index >= 15 is 0 Å². The summed E-state index contributed by atoms with van der Waals surface area (Å²) in [6, 6.07) is 6.16. The van der Waals surface area contributed by atoms with Gasteiger partial charge in [0, 0.05) is 30.8 Å². The van der Waals surface area contributed by atoms with Gasteiger partial charge in [0.2, 0.25) is 5.95 Å². The van der Waals surface area contributed by atoms with E-state index in [0.29, 0.717) is 5.41 Å². The third kappa shape index (κ3) is 3.77. The zero-order chi connectivity index (χ0) is 17.1. The van der Waals surface area contributed by atoms with Gasteiger partial charge in [-0.15, -0.1) is 0 Å². The largest absolute Gasteiger partial charge is 0.306 e. The molecule has 0 bridgehead atoms. The minimum absolute atomic E-state index is 0.603. The van der Waals surface area contributed by atoms with Crippen molar-refractivity contribution < 1.29 is 0 Å². The van der Waals surface area contributed by atoms with Gasteiger partial charge in [0.1, 0.15) is 0 Å². The van der Waals surface area contributed by atoms with Crippen LogP contribution < -0.4 is 0 Å². The van der Waals surface area contributed by atoms with Crippen molar-refractivity contribution in [3.63, 3.8) is 0 Å². The van der Waals surface area contributed by atoms with E-state index in [-0.39, 0.29) is 0 Å². The monoisotopic (exact) mass is 339 g/mol. The first-order chi connectivity index (χ1) is 12.2. The molecule has 4 rings (SSSR count). The topological polar surface area (TPSA) is 37.2 Å². The van der Waals surface area contributed by atoms with Crippen molar-refractivity contribution >= 4 is 0 Å². The van der Waals surface area contributed by atoms with Gasteiger partial charge in [0.15, 0.2) is 0 Å². The second-order valence-corrected chi connectivity index (χ2v) is 7.85. The maximum atomic E-state index is 4.40. The van der Waals surface area contributed by atoms with Crippen LogP contribution in [0.5, 0.6) is 0 Å². The molecule has 1 spiro atoms. The molecule has 0 aromatic carbocycles. The van der Waals surface area contributed by atoms with Gasteiger partial charge in [-0.1, -0.05) is 0 Å². The highest BCUT2D eigenvalue weighted by atomic mass is 15.2. The normalized spacial score (nSPS) is 22.1. The highest BCUT2D eigenvalue weighted by Crippen LogP contribution is 2.41. The van der Waals surface area contributed by atoms with Gasteiger partial charge in [0.25, 0.3) is 0 Å². The highest BCUT2D eigenvalue weighted by Gasteiger charge is 2.35. The molecule has 25 heavy (non-hydrogen) atoms. The summed E-state index contributed by atoms with van der Waals surface area (Å²) < 4.78 is 2.12. The molecule has 2 aromatic heterocycles. The fourth-order valence-electron chi connectivity index (χ4n) is 4.45. The van der Waals surface area contributed by atoms with Crippen molar-refractivity contribution in [3.05, 3.63) is 42.5 Å². The summed E-state index contributed by atoms with van der Waals surface area (Å²) in [5.74, 6) is 0.768. The fourth-order valence-corrected chi connectivity index (χ4v) is 4.45. The molecule has 0 radical (unpaired) electrons. The molecule has 0 aliphatic carbocycles. The van der Waals surface area contributed by atoms with Crippen LogP contribution >= 0.6 is 0 Å². The van der Waals surface area contributed by atoms with Gasteiger partial charge in [-0.3, -0.25) is 9.47 Å². The standard InChI is InChI=1S/C20H29N5/c1-23-14-7-20(8-15-23)6-3-12-24(16-9-20)17-18-5-2-13-25(18)19-21-10-4-11-22-19/h2,4-5,10-11,13H,3,6-9,12,14-17H2,1H3. The molecule has 4 heterocycles. The average molecular weight is 339 g/mol. The summed E-state index contributed by atoms with van der Waals surface area (Å²) in [5.41, 5.74) is 1.89. The molecule has 0 N–H and O–H groups in total. The second kappa shape index (κ2) is 7.26. The van der Waals surface area contributed by atoms with Gasteiger partial charge in [-0.25, -0.2) is 9.97 Å². The fraction of sp³-hybridized carbons (Fsp3) is 0.600. The Kier molecular flexibility index (Phi) is 4.86. The van der Waals surface area contributed by atoms with Crippen LogP contribution in [0.2, 0.25) is 0 Å². The van der Waals surface area contributed by atoms with Crippen molar-refractivity contribution in [2.75, 3.05) is 33.2 Å². The lowest BCUT2D eigenvalue weighted by Gasteiger charge is -2.40. The van der Waals surface area contributed by atoms with E-state index in [1.165, 1.54) is 64.0 Å². The molecule has 2 aliphatic rings. The lowest BCUT2D eigenvalue weighted by molar-refractivity contribution is 0.104. The summed E-state index contributed by atoms with van der Waals surface area (Å²) in [5, 5.41) is 0. The van der Waals surface area contributed by atoms with Crippen molar-refractivity contribution in [1.82, 2.24) is 24.3 Å². The van der Waals surface area contributed by atoms with E-state index in [1.54, 1.807) is 0 Å². The molecule has 0 atom stereocenters. The molecule has 5 heteroatoms. The molecule has 2 aromatic rings. The first-order valence-electron chi connectivity index (χ1n) is 9.59. The maximum absolute atomic E-state index is 4.40. The van der Waals surface area contributed by atoms with Gasteiger partial charge in [0.05, 0.1) is 0 Å². The summed E-state index contributed by atoms with van der Waals surface area (Å²) in [4.78, 5) is 13.9. The number of hydrogen-bond acceptors (Lipinski definition) is 4. The van der Waals surface area contributed by atoms with Crippen LogP contribution in [0.25, 0.3) is 5.95 Å². The number of nitrogens with zero attached hydrogens (tertiary/aromatic N) is 5. The Morgan fingerprint density at radius 3 is 2.52 bits per heavy atom. The average Bonchev–Trinajstić information content (AvgIpc) is 3.02. The minimum atomic E-state index is 0.603. The number of piperidine rings is 1. The lowest BCUT2D eigenvalue weighted by atomic mass is 9.73. The predicted octanol–water partition coefficient (Wildman–Crippen LogP) is 2.97. The van der Waals surface area contributed by atoms with E-state index in [0.717, 1.165) is 12.5 Å². The molecule has 5 nitrogen and oxygen atoms in total. The first kappa shape index (κ1) is 16.7. The van der Waals surface area contributed by atoms with E-state index in [2.05, 4.69) is 49.7 Å². The van der Waals surface area contributed by atoms with Crippen LogP contribution in [-0.2, 0) is 6.54 Å². The zero-order valence-corrected chi connectivity index (χ0v) is 15.3. The van der Waals surface area contributed by atoms with E-state index in [4.69, 9.17) is 0 Å². The maximum Gasteiger partial charge on any atom is 0.233 e. The summed E-state index contributed by atoms with van der Waals surface area (Å²) >= 11 is 0. The Morgan fingerprint density at radius 1 is 0.960 bits per heavy atom. The molecule has 0 amide bonds. The first-order valence-corrected chi connectivity index (χ1v) is 9.59. The summed E-state index contributed by atoms with van der Waals surface area (Å²) in [7, 11) is 2.26. The second-order valence-electron chi connectivity index (χ2n) is 7.85. The SMILES string of the molecule is CN1CCC2(CCCN(Cc3cccn3-c3ncccn3)CC2)CC1. The molecular formula is C20H29N5. The molecule has 2 aliphatic heterocycles. The van der Waals surface area contributed by atoms with Crippen LogP contribution in [0.3, 0.4) is 0 Å². The highest BCUT2D eigenvalue weighted by molar-refractivity contribution is 5.20. The van der Waals surface area contributed by atoms with Gasteiger partial charge >= 0.3 is 0 Å². The molecular weight excluding hydrogens is 310 g/mol. The Morgan fingerprint density at radius 2 is 1.72 bits per heavy atom. The number of rotatable bonds is 3. The van der Waals surface area contributed by atoms with Crippen LogP contribution in [0.4, 0.5) is 0 Å². The summed E-state index contributed by atoms with van der Waals surface area (Å²) in [6.07, 6.45) is 12.5. The molecule has 134 valence electrons. The van der Waals surface area contributed by atoms with Crippen LogP contribution in [0.15, 0.2) is 36.8 Å². The minimum Gasteiger partial charge on any atom is -0.306 e. The smallest absolute Gasteiger partial charge is 0.233 e. The predicted molar refractivity (Wildman–Crippen MR) is 99.7 cm³/mol. The Balaban J connectivity index is 1.42. The van der Waals surface area contributed by atoms with Crippen molar-refractivity contribution in [2.24, 2.45) is 5.41 Å². The van der Waals surface area contributed by atoms with Gasteiger partial charge in [-0.2, -0.15) is 0 Å². The van der Waals surface area contributed by atoms with Gasteiger partial charge < -0.3 is 4.90 Å².